The molecule has 0 bridgehead atoms. The standard InChI is InChI=1S/C22H22ClN5O3S/c23-18-5-2-1-4-17(18)15-25-19-7-6-16(14-20(19)28(30)31)21(29)26-9-3-10-27(12-11-26)22-24-8-13-32-22/h1-2,4-8,13-14,25H,3,9-12,15H2. The van der Waals surface area contributed by atoms with Crippen molar-refractivity contribution in [3.05, 3.63) is 80.3 Å². The molecule has 32 heavy (non-hydrogen) atoms. The van der Waals surface area contributed by atoms with E-state index in [-0.39, 0.29) is 11.6 Å². The monoisotopic (exact) mass is 471 g/mol. The molecule has 1 amide bonds. The molecule has 0 saturated carbocycles. The Morgan fingerprint density at radius 2 is 2.03 bits per heavy atom. The summed E-state index contributed by atoms with van der Waals surface area (Å²) >= 11 is 7.75. The molecule has 1 fully saturated rings. The van der Waals surface area contributed by atoms with Crippen LogP contribution in [0.1, 0.15) is 22.3 Å². The van der Waals surface area contributed by atoms with Crippen molar-refractivity contribution in [3.8, 4) is 0 Å². The number of hydrogen-bond acceptors (Lipinski definition) is 7. The Labute approximate surface area is 194 Å². The molecule has 0 unspecified atom stereocenters. The second-order valence-electron chi connectivity index (χ2n) is 7.38. The zero-order valence-corrected chi connectivity index (χ0v) is 18.8. The maximum absolute atomic E-state index is 13.1. The molecular formula is C22H22ClN5O3S. The van der Waals surface area contributed by atoms with Gasteiger partial charge in [-0.2, -0.15) is 0 Å². The number of benzene rings is 2. The van der Waals surface area contributed by atoms with Gasteiger partial charge < -0.3 is 15.1 Å². The molecule has 1 N–H and O–H groups in total. The highest BCUT2D eigenvalue weighted by Gasteiger charge is 2.24. The third-order valence-corrected chi connectivity index (χ3v) is 6.54. The topological polar surface area (TPSA) is 91.6 Å². The van der Waals surface area contributed by atoms with E-state index in [2.05, 4.69) is 15.2 Å². The minimum atomic E-state index is -0.474. The van der Waals surface area contributed by atoms with Gasteiger partial charge in [-0.25, -0.2) is 4.98 Å². The van der Waals surface area contributed by atoms with E-state index in [9.17, 15) is 14.9 Å². The predicted octanol–water partition coefficient (Wildman–Crippen LogP) is 4.67. The third kappa shape index (κ3) is 5.00. The van der Waals surface area contributed by atoms with Gasteiger partial charge in [0.05, 0.1) is 4.92 Å². The van der Waals surface area contributed by atoms with Gasteiger partial charge in [0.25, 0.3) is 11.6 Å². The molecule has 10 heteroatoms. The minimum absolute atomic E-state index is 0.137. The van der Waals surface area contributed by atoms with Gasteiger partial charge in [-0.05, 0) is 30.2 Å². The smallest absolute Gasteiger partial charge is 0.293 e. The van der Waals surface area contributed by atoms with Gasteiger partial charge >= 0.3 is 0 Å². The van der Waals surface area contributed by atoms with E-state index in [0.29, 0.717) is 42.5 Å². The number of nitrogens with one attached hydrogen (secondary N) is 1. The van der Waals surface area contributed by atoms with Crippen LogP contribution in [0, 0.1) is 10.1 Å². The number of amides is 1. The summed E-state index contributed by atoms with van der Waals surface area (Å²) in [7, 11) is 0. The highest BCUT2D eigenvalue weighted by molar-refractivity contribution is 7.13. The summed E-state index contributed by atoms with van der Waals surface area (Å²) in [6.45, 7) is 2.98. The summed E-state index contributed by atoms with van der Waals surface area (Å²) in [5.41, 5.74) is 1.35. The lowest BCUT2D eigenvalue weighted by molar-refractivity contribution is -0.384. The van der Waals surface area contributed by atoms with Crippen molar-refractivity contribution >= 4 is 45.4 Å². The zero-order valence-electron chi connectivity index (χ0n) is 17.2. The number of halogens is 1. The number of thiazole rings is 1. The van der Waals surface area contributed by atoms with E-state index >= 15 is 0 Å². The second kappa shape index (κ2) is 9.97. The molecular weight excluding hydrogens is 450 g/mol. The van der Waals surface area contributed by atoms with E-state index < -0.39 is 4.92 Å². The molecule has 2 aromatic carbocycles. The Balaban J connectivity index is 1.47. The average molecular weight is 472 g/mol. The Kier molecular flexibility index (Phi) is 6.87. The Bertz CT molecular complexity index is 1110. The van der Waals surface area contributed by atoms with Gasteiger partial charge in [0, 0.05) is 61.0 Å². The lowest BCUT2D eigenvalue weighted by atomic mass is 10.1. The molecule has 0 atom stereocenters. The van der Waals surface area contributed by atoms with E-state index in [1.807, 2.05) is 23.6 Å². The number of nitro groups is 1. The highest BCUT2D eigenvalue weighted by Crippen LogP contribution is 2.28. The maximum Gasteiger partial charge on any atom is 0.293 e. The van der Waals surface area contributed by atoms with Gasteiger partial charge in [0.2, 0.25) is 0 Å². The molecule has 1 saturated heterocycles. The first kappa shape index (κ1) is 22.0. The van der Waals surface area contributed by atoms with Crippen molar-refractivity contribution in [1.29, 1.82) is 0 Å². The van der Waals surface area contributed by atoms with Crippen molar-refractivity contribution in [3.63, 3.8) is 0 Å². The van der Waals surface area contributed by atoms with Crippen LogP contribution in [0.4, 0.5) is 16.5 Å². The molecule has 4 rings (SSSR count). The average Bonchev–Trinajstić information content (AvgIpc) is 3.22. The van der Waals surface area contributed by atoms with Crippen LogP contribution in [0.3, 0.4) is 0 Å². The van der Waals surface area contributed by atoms with Gasteiger partial charge in [-0.15, -0.1) is 11.3 Å². The number of hydrogen-bond donors (Lipinski definition) is 1. The number of anilines is 2. The number of nitrogens with zero attached hydrogens (tertiary/aromatic N) is 4. The molecule has 3 aromatic rings. The number of rotatable bonds is 6. The largest absolute Gasteiger partial charge is 0.375 e. The SMILES string of the molecule is O=C(c1ccc(NCc2ccccc2Cl)c([N+](=O)[O-])c1)N1CCCN(c2nccs2)CC1. The predicted molar refractivity (Wildman–Crippen MR) is 127 cm³/mol. The number of carbonyl (C=O) groups is 1. The van der Waals surface area contributed by atoms with E-state index in [1.54, 1.807) is 40.6 Å². The molecule has 0 aliphatic carbocycles. The fraction of sp³-hybridized carbons (Fsp3) is 0.273. The molecule has 2 heterocycles. The summed E-state index contributed by atoms with van der Waals surface area (Å²) in [6, 6.07) is 11.9. The minimum Gasteiger partial charge on any atom is -0.375 e. The lowest BCUT2D eigenvalue weighted by Crippen LogP contribution is -2.35. The van der Waals surface area contributed by atoms with Crippen molar-refractivity contribution in [2.45, 2.75) is 13.0 Å². The van der Waals surface area contributed by atoms with Crippen LogP contribution in [-0.4, -0.2) is 46.9 Å². The first-order valence-corrected chi connectivity index (χ1v) is 11.5. The van der Waals surface area contributed by atoms with E-state index in [1.165, 1.54) is 6.07 Å². The van der Waals surface area contributed by atoms with Crippen molar-refractivity contribution < 1.29 is 9.72 Å². The van der Waals surface area contributed by atoms with Gasteiger partial charge in [0.15, 0.2) is 5.13 Å². The van der Waals surface area contributed by atoms with E-state index in [4.69, 9.17) is 11.6 Å². The fourth-order valence-electron chi connectivity index (χ4n) is 3.66. The zero-order chi connectivity index (χ0) is 22.5. The summed E-state index contributed by atoms with van der Waals surface area (Å²) in [5.74, 6) is -0.202. The van der Waals surface area contributed by atoms with Crippen LogP contribution in [0.15, 0.2) is 54.0 Å². The first-order chi connectivity index (χ1) is 15.5. The molecule has 166 valence electrons. The summed E-state index contributed by atoms with van der Waals surface area (Å²) in [4.78, 5) is 32.6. The highest BCUT2D eigenvalue weighted by atomic mass is 35.5. The van der Waals surface area contributed by atoms with Gasteiger partial charge in [-0.3, -0.25) is 14.9 Å². The van der Waals surface area contributed by atoms with Crippen LogP contribution in [-0.2, 0) is 6.54 Å². The van der Waals surface area contributed by atoms with E-state index in [0.717, 1.165) is 23.7 Å². The summed E-state index contributed by atoms with van der Waals surface area (Å²) < 4.78 is 0. The molecule has 0 spiro atoms. The van der Waals surface area contributed by atoms with Crippen LogP contribution in [0.5, 0.6) is 0 Å². The summed E-state index contributed by atoms with van der Waals surface area (Å²) in [6.07, 6.45) is 2.58. The van der Waals surface area contributed by atoms with Gasteiger partial charge in [0.1, 0.15) is 5.69 Å². The van der Waals surface area contributed by atoms with Crippen LogP contribution in [0.2, 0.25) is 5.02 Å². The fourth-order valence-corrected chi connectivity index (χ4v) is 4.56. The summed E-state index contributed by atoms with van der Waals surface area (Å²) in [5, 5.41) is 18.2. The number of nitro benzene ring substituents is 1. The Morgan fingerprint density at radius 1 is 1.19 bits per heavy atom. The molecule has 8 nitrogen and oxygen atoms in total. The third-order valence-electron chi connectivity index (χ3n) is 5.34. The lowest BCUT2D eigenvalue weighted by Gasteiger charge is -2.22. The van der Waals surface area contributed by atoms with Crippen molar-refractivity contribution in [1.82, 2.24) is 9.88 Å². The molecule has 1 aliphatic rings. The number of aromatic nitrogens is 1. The van der Waals surface area contributed by atoms with Crippen molar-refractivity contribution in [2.75, 3.05) is 36.4 Å². The molecule has 1 aliphatic heterocycles. The van der Waals surface area contributed by atoms with Crippen LogP contribution in [0.25, 0.3) is 0 Å². The molecule has 1 aromatic heterocycles. The quantitative estimate of drug-likeness (QED) is 0.415. The second-order valence-corrected chi connectivity index (χ2v) is 8.66. The molecule has 0 radical (unpaired) electrons. The van der Waals surface area contributed by atoms with Crippen LogP contribution < -0.4 is 10.2 Å². The number of carbonyl (C=O) groups excluding carboxylic acids is 1. The Morgan fingerprint density at radius 3 is 2.78 bits per heavy atom. The van der Waals surface area contributed by atoms with Crippen molar-refractivity contribution in [2.24, 2.45) is 0 Å². The van der Waals surface area contributed by atoms with Crippen LogP contribution >= 0.6 is 22.9 Å². The van der Waals surface area contributed by atoms with Gasteiger partial charge in [-0.1, -0.05) is 29.8 Å². The maximum atomic E-state index is 13.1. The Hall–Kier alpha value is -3.17. The normalized spacial score (nSPS) is 14.2. The first-order valence-electron chi connectivity index (χ1n) is 10.2.